The number of phenolic OH excluding ortho intramolecular Hbond substituents is 2. The molecule has 3 rings (SSSR count). The molecule has 0 amide bonds. The second-order valence-electron chi connectivity index (χ2n) is 7.03. The summed E-state index contributed by atoms with van der Waals surface area (Å²) in [5, 5.41) is 19.0. The van der Waals surface area contributed by atoms with Gasteiger partial charge in [-0.15, -0.1) is 0 Å². The summed E-state index contributed by atoms with van der Waals surface area (Å²) in [6, 6.07) is 7.87. The van der Waals surface area contributed by atoms with Crippen molar-refractivity contribution in [2.24, 2.45) is 5.92 Å². The molecule has 1 aliphatic rings. The van der Waals surface area contributed by atoms with Crippen LogP contribution in [0.5, 0.6) is 17.2 Å². The number of aldehydes is 2. The minimum absolute atomic E-state index is 0.00266. The van der Waals surface area contributed by atoms with E-state index in [1.54, 1.807) is 0 Å². The Kier molecular flexibility index (Phi) is 6.46. The molecular weight excluding hydrogens is 392 g/mol. The van der Waals surface area contributed by atoms with E-state index in [1.807, 2.05) is 0 Å². The van der Waals surface area contributed by atoms with Crippen LogP contribution in [0, 0.1) is 5.92 Å². The number of aromatic hydroxyl groups is 2. The molecule has 0 aromatic heterocycles. The first-order valence-electron chi connectivity index (χ1n) is 9.40. The van der Waals surface area contributed by atoms with E-state index >= 15 is 0 Å². The molecule has 2 aromatic carbocycles. The molecule has 1 aliphatic carbocycles. The maximum absolute atomic E-state index is 12.4. The Morgan fingerprint density at radius 2 is 1.47 bits per heavy atom. The van der Waals surface area contributed by atoms with Crippen molar-refractivity contribution in [1.29, 1.82) is 0 Å². The lowest BCUT2D eigenvalue weighted by Gasteiger charge is -2.27. The van der Waals surface area contributed by atoms with Crippen LogP contribution in [0.2, 0.25) is 0 Å². The third kappa shape index (κ3) is 4.83. The van der Waals surface area contributed by atoms with Crippen LogP contribution in [-0.4, -0.2) is 40.8 Å². The molecule has 1 saturated carbocycles. The largest absolute Gasteiger partial charge is 0.507 e. The number of ether oxygens (including phenoxy) is 2. The summed E-state index contributed by atoms with van der Waals surface area (Å²) in [5.41, 5.74) is 0.195. The van der Waals surface area contributed by atoms with E-state index in [4.69, 9.17) is 9.47 Å². The highest BCUT2D eigenvalue weighted by Crippen LogP contribution is 2.29. The summed E-state index contributed by atoms with van der Waals surface area (Å²) in [7, 11) is 0. The molecular formula is C22H20O8. The third-order valence-electron chi connectivity index (χ3n) is 5.02. The lowest BCUT2D eigenvalue weighted by atomic mass is 9.87. The maximum atomic E-state index is 12.4. The third-order valence-corrected chi connectivity index (χ3v) is 5.02. The van der Waals surface area contributed by atoms with Gasteiger partial charge in [0.2, 0.25) is 0 Å². The number of hydrogen-bond acceptors (Lipinski definition) is 8. The number of phenols is 2. The van der Waals surface area contributed by atoms with Crippen LogP contribution in [0.4, 0.5) is 0 Å². The molecule has 0 saturated heterocycles. The fourth-order valence-electron chi connectivity index (χ4n) is 3.30. The molecule has 0 aliphatic heterocycles. The van der Waals surface area contributed by atoms with Gasteiger partial charge >= 0.3 is 11.9 Å². The van der Waals surface area contributed by atoms with Gasteiger partial charge in [0.15, 0.2) is 12.6 Å². The van der Waals surface area contributed by atoms with Gasteiger partial charge in [-0.2, -0.15) is 0 Å². The van der Waals surface area contributed by atoms with Gasteiger partial charge in [-0.25, -0.2) is 4.79 Å². The Balaban J connectivity index is 1.53. The quantitative estimate of drug-likeness (QED) is 0.421. The lowest BCUT2D eigenvalue weighted by molar-refractivity contribution is -0.140. The van der Waals surface area contributed by atoms with Gasteiger partial charge in [0.25, 0.3) is 0 Å². The number of esters is 2. The van der Waals surface area contributed by atoms with Crippen LogP contribution >= 0.6 is 0 Å². The van der Waals surface area contributed by atoms with E-state index < -0.39 is 11.9 Å². The van der Waals surface area contributed by atoms with E-state index in [1.165, 1.54) is 36.4 Å². The molecule has 0 bridgehead atoms. The molecule has 0 atom stereocenters. The molecule has 0 unspecified atom stereocenters. The highest BCUT2D eigenvalue weighted by atomic mass is 16.5. The van der Waals surface area contributed by atoms with Crippen molar-refractivity contribution < 1.29 is 38.9 Å². The normalized spacial score (nSPS) is 18.3. The van der Waals surface area contributed by atoms with Crippen molar-refractivity contribution in [1.82, 2.24) is 0 Å². The van der Waals surface area contributed by atoms with Crippen LogP contribution in [0.25, 0.3) is 0 Å². The van der Waals surface area contributed by atoms with E-state index in [0.29, 0.717) is 38.3 Å². The zero-order valence-corrected chi connectivity index (χ0v) is 15.9. The molecule has 30 heavy (non-hydrogen) atoms. The molecule has 2 aromatic rings. The smallest absolute Gasteiger partial charge is 0.338 e. The van der Waals surface area contributed by atoms with E-state index in [2.05, 4.69) is 0 Å². The predicted molar refractivity (Wildman–Crippen MR) is 104 cm³/mol. The first kappa shape index (κ1) is 21.0. The van der Waals surface area contributed by atoms with E-state index in [0.717, 1.165) is 0 Å². The number of benzene rings is 2. The summed E-state index contributed by atoms with van der Waals surface area (Å²) in [6.45, 7) is 0. The summed E-state index contributed by atoms with van der Waals surface area (Å²) < 4.78 is 10.8. The van der Waals surface area contributed by atoms with Crippen molar-refractivity contribution in [3.05, 3.63) is 53.1 Å². The van der Waals surface area contributed by atoms with Gasteiger partial charge in [0, 0.05) is 0 Å². The van der Waals surface area contributed by atoms with E-state index in [-0.39, 0.29) is 46.0 Å². The minimum atomic E-state index is -0.602. The lowest BCUT2D eigenvalue weighted by Crippen LogP contribution is -2.30. The second-order valence-corrected chi connectivity index (χ2v) is 7.03. The summed E-state index contributed by atoms with van der Waals surface area (Å²) in [4.78, 5) is 46.4. The molecule has 1 fully saturated rings. The van der Waals surface area contributed by atoms with Crippen molar-refractivity contribution in [2.75, 3.05) is 0 Å². The summed E-state index contributed by atoms with van der Waals surface area (Å²) in [6.07, 6.45) is 2.42. The van der Waals surface area contributed by atoms with Crippen LogP contribution in [-0.2, 0) is 9.53 Å². The van der Waals surface area contributed by atoms with Crippen molar-refractivity contribution >= 4 is 24.5 Å². The van der Waals surface area contributed by atoms with Gasteiger partial charge in [0.1, 0.15) is 23.4 Å². The average molecular weight is 412 g/mol. The standard InChI is InChI=1S/C22H20O8/c23-11-15-9-14(3-7-19(15)25)22(28)29-17-4-1-13(2-5-17)21(27)30-18-6-8-20(26)16(10-18)12-24/h3,6-13,17,25-26H,1-2,4-5H2. The molecule has 8 heteroatoms. The fourth-order valence-corrected chi connectivity index (χ4v) is 3.30. The van der Waals surface area contributed by atoms with Crippen molar-refractivity contribution in [3.8, 4) is 17.2 Å². The number of carbonyl (C=O) groups is 4. The predicted octanol–water partition coefficient (Wildman–Crippen LogP) is 3.04. The fraction of sp³-hybridized carbons (Fsp3) is 0.273. The number of carbonyl (C=O) groups excluding carboxylic acids is 4. The Bertz CT molecular complexity index is 973. The van der Waals surface area contributed by atoms with Gasteiger partial charge in [-0.3, -0.25) is 14.4 Å². The van der Waals surface area contributed by atoms with Gasteiger partial charge in [-0.1, -0.05) is 0 Å². The molecule has 156 valence electrons. The zero-order chi connectivity index (χ0) is 21.7. The number of rotatable bonds is 6. The molecule has 2 N–H and O–H groups in total. The Hall–Kier alpha value is -3.68. The van der Waals surface area contributed by atoms with Crippen LogP contribution in [0.3, 0.4) is 0 Å². The van der Waals surface area contributed by atoms with Crippen molar-refractivity contribution in [2.45, 2.75) is 31.8 Å². The number of hydrogen-bond donors (Lipinski definition) is 2. The van der Waals surface area contributed by atoms with Crippen LogP contribution < -0.4 is 4.74 Å². The second kappa shape index (κ2) is 9.21. The van der Waals surface area contributed by atoms with Gasteiger partial charge < -0.3 is 19.7 Å². The molecule has 0 spiro atoms. The highest BCUT2D eigenvalue weighted by Gasteiger charge is 2.30. The monoisotopic (exact) mass is 412 g/mol. The molecule has 0 heterocycles. The van der Waals surface area contributed by atoms with E-state index in [9.17, 15) is 29.4 Å². The topological polar surface area (TPSA) is 127 Å². The summed E-state index contributed by atoms with van der Waals surface area (Å²) in [5.74, 6) is -1.66. The maximum Gasteiger partial charge on any atom is 0.338 e. The van der Waals surface area contributed by atoms with Gasteiger partial charge in [0.05, 0.1) is 22.6 Å². The Morgan fingerprint density at radius 1 is 0.867 bits per heavy atom. The first-order chi connectivity index (χ1) is 14.4. The zero-order valence-electron chi connectivity index (χ0n) is 15.9. The molecule has 8 nitrogen and oxygen atoms in total. The van der Waals surface area contributed by atoms with Gasteiger partial charge in [-0.05, 0) is 62.1 Å². The van der Waals surface area contributed by atoms with Crippen molar-refractivity contribution in [3.63, 3.8) is 0 Å². The highest BCUT2D eigenvalue weighted by molar-refractivity contribution is 5.92. The average Bonchev–Trinajstić information content (AvgIpc) is 2.75. The minimum Gasteiger partial charge on any atom is -0.507 e. The Morgan fingerprint density at radius 3 is 2.10 bits per heavy atom. The first-order valence-corrected chi connectivity index (χ1v) is 9.40. The SMILES string of the molecule is O=Cc1cc(OC(=O)C2CCC(OC(=O)c3ccc(O)c(C=O)c3)CC2)ccc1O. The van der Waals surface area contributed by atoms with Crippen LogP contribution in [0.1, 0.15) is 56.8 Å². The summed E-state index contributed by atoms with van der Waals surface area (Å²) >= 11 is 0. The van der Waals surface area contributed by atoms with Crippen LogP contribution in [0.15, 0.2) is 36.4 Å². The molecule has 0 radical (unpaired) electrons. The Labute approximate surface area is 172 Å².